The molecule has 33 heavy (non-hydrogen) atoms. The summed E-state index contributed by atoms with van der Waals surface area (Å²) in [6.07, 6.45) is 3.77. The molecule has 1 saturated heterocycles. The highest BCUT2D eigenvalue weighted by Gasteiger charge is 2.22. The van der Waals surface area contributed by atoms with Crippen molar-refractivity contribution in [2.24, 2.45) is 5.92 Å². The first-order valence-electron chi connectivity index (χ1n) is 12.0. The molecule has 0 radical (unpaired) electrons. The molecule has 0 amide bonds. The molecule has 6 nitrogen and oxygen atoms in total. The van der Waals surface area contributed by atoms with Gasteiger partial charge in [-0.15, -0.1) is 0 Å². The van der Waals surface area contributed by atoms with Gasteiger partial charge < -0.3 is 9.80 Å². The van der Waals surface area contributed by atoms with Gasteiger partial charge in [0, 0.05) is 32.6 Å². The van der Waals surface area contributed by atoms with E-state index in [-0.39, 0.29) is 0 Å². The van der Waals surface area contributed by atoms with Gasteiger partial charge in [-0.05, 0) is 36.6 Å². The molecule has 0 atom stereocenters. The maximum absolute atomic E-state index is 5.10. The highest BCUT2D eigenvalue weighted by molar-refractivity contribution is 5.88. The molecule has 0 aliphatic carbocycles. The van der Waals surface area contributed by atoms with E-state index in [1.54, 1.807) is 0 Å². The predicted molar refractivity (Wildman–Crippen MR) is 134 cm³/mol. The monoisotopic (exact) mass is 440 g/mol. The van der Waals surface area contributed by atoms with Crippen LogP contribution in [0.4, 0.5) is 5.82 Å². The molecule has 2 aromatic heterocycles. The second kappa shape index (κ2) is 9.71. The van der Waals surface area contributed by atoms with Gasteiger partial charge in [0.15, 0.2) is 5.65 Å². The minimum Gasteiger partial charge on any atom is -0.355 e. The lowest BCUT2D eigenvalue weighted by Gasteiger charge is -2.24. The van der Waals surface area contributed by atoms with E-state index in [2.05, 4.69) is 60.0 Å². The smallest absolute Gasteiger partial charge is 0.168 e. The molecule has 0 spiro atoms. The number of benzene rings is 2. The second-order valence-corrected chi connectivity index (χ2v) is 9.29. The molecule has 4 aromatic rings. The SMILES string of the molecule is CC(C)CN1CCCN(c2nc(Cc3ccccc3)nc3c2cnn3-c2ccccc2)CC1. The summed E-state index contributed by atoms with van der Waals surface area (Å²) in [5.41, 5.74) is 3.11. The van der Waals surface area contributed by atoms with Crippen molar-refractivity contribution in [3.05, 3.63) is 78.2 Å². The van der Waals surface area contributed by atoms with Crippen LogP contribution in [0, 0.1) is 5.92 Å². The van der Waals surface area contributed by atoms with Gasteiger partial charge >= 0.3 is 0 Å². The van der Waals surface area contributed by atoms with Crippen molar-refractivity contribution >= 4 is 16.9 Å². The molecule has 6 heteroatoms. The highest BCUT2D eigenvalue weighted by atomic mass is 15.3. The van der Waals surface area contributed by atoms with Gasteiger partial charge in [0.25, 0.3) is 0 Å². The zero-order valence-corrected chi connectivity index (χ0v) is 19.6. The Morgan fingerprint density at radius 1 is 0.848 bits per heavy atom. The minimum atomic E-state index is 0.684. The first-order valence-corrected chi connectivity index (χ1v) is 12.0. The average molecular weight is 441 g/mol. The molecule has 5 rings (SSSR count). The number of hydrogen-bond acceptors (Lipinski definition) is 5. The van der Waals surface area contributed by atoms with Crippen molar-refractivity contribution in [2.45, 2.75) is 26.7 Å². The summed E-state index contributed by atoms with van der Waals surface area (Å²) < 4.78 is 1.94. The molecule has 1 fully saturated rings. The van der Waals surface area contributed by atoms with E-state index in [4.69, 9.17) is 15.1 Å². The van der Waals surface area contributed by atoms with E-state index in [1.165, 1.54) is 5.56 Å². The van der Waals surface area contributed by atoms with Crippen LogP contribution in [-0.2, 0) is 6.42 Å². The summed E-state index contributed by atoms with van der Waals surface area (Å²) in [7, 11) is 0. The number of anilines is 1. The van der Waals surface area contributed by atoms with Gasteiger partial charge in [0.05, 0.1) is 17.3 Å². The average Bonchev–Trinajstić information content (AvgIpc) is 3.12. The van der Waals surface area contributed by atoms with Crippen molar-refractivity contribution in [3.63, 3.8) is 0 Å². The summed E-state index contributed by atoms with van der Waals surface area (Å²) in [6, 6.07) is 20.7. The van der Waals surface area contributed by atoms with Crippen LogP contribution < -0.4 is 4.90 Å². The van der Waals surface area contributed by atoms with Gasteiger partial charge in [-0.1, -0.05) is 62.4 Å². The Hall–Kier alpha value is -3.25. The normalized spacial score (nSPS) is 15.3. The van der Waals surface area contributed by atoms with E-state index in [0.29, 0.717) is 12.3 Å². The van der Waals surface area contributed by atoms with Crippen molar-refractivity contribution in [1.29, 1.82) is 0 Å². The van der Waals surface area contributed by atoms with Gasteiger partial charge in [0.1, 0.15) is 11.6 Å². The highest BCUT2D eigenvalue weighted by Crippen LogP contribution is 2.27. The molecule has 0 saturated carbocycles. The fourth-order valence-electron chi connectivity index (χ4n) is 4.68. The van der Waals surface area contributed by atoms with Crippen molar-refractivity contribution in [3.8, 4) is 5.69 Å². The lowest BCUT2D eigenvalue weighted by atomic mass is 10.1. The Morgan fingerprint density at radius 2 is 1.61 bits per heavy atom. The van der Waals surface area contributed by atoms with Crippen LogP contribution in [-0.4, -0.2) is 57.4 Å². The molecule has 3 heterocycles. The van der Waals surface area contributed by atoms with Crippen LogP contribution in [0.25, 0.3) is 16.7 Å². The summed E-state index contributed by atoms with van der Waals surface area (Å²) in [4.78, 5) is 15.1. The number of hydrogen-bond donors (Lipinski definition) is 0. The van der Waals surface area contributed by atoms with Crippen molar-refractivity contribution in [2.75, 3.05) is 37.6 Å². The first-order chi connectivity index (χ1) is 16.2. The lowest BCUT2D eigenvalue weighted by Crippen LogP contribution is -2.33. The summed E-state index contributed by atoms with van der Waals surface area (Å²) >= 11 is 0. The topological polar surface area (TPSA) is 50.1 Å². The van der Waals surface area contributed by atoms with Crippen LogP contribution >= 0.6 is 0 Å². The van der Waals surface area contributed by atoms with Crippen molar-refractivity contribution in [1.82, 2.24) is 24.6 Å². The Balaban J connectivity index is 1.54. The molecule has 0 bridgehead atoms. The summed E-state index contributed by atoms with van der Waals surface area (Å²) in [5.74, 6) is 2.54. The first kappa shape index (κ1) is 21.6. The van der Waals surface area contributed by atoms with E-state index in [9.17, 15) is 0 Å². The Labute approximate surface area is 195 Å². The van der Waals surface area contributed by atoms with Crippen LogP contribution in [0.3, 0.4) is 0 Å². The zero-order valence-electron chi connectivity index (χ0n) is 19.6. The fraction of sp³-hybridized carbons (Fsp3) is 0.370. The van der Waals surface area contributed by atoms with Gasteiger partial charge in [-0.3, -0.25) is 0 Å². The number of rotatable bonds is 6. The molecule has 1 aliphatic heterocycles. The Bertz CT molecular complexity index is 1190. The summed E-state index contributed by atoms with van der Waals surface area (Å²) in [5, 5.41) is 5.75. The Morgan fingerprint density at radius 3 is 2.36 bits per heavy atom. The second-order valence-electron chi connectivity index (χ2n) is 9.29. The number of aromatic nitrogens is 4. The third-order valence-corrected chi connectivity index (χ3v) is 6.17. The lowest BCUT2D eigenvalue weighted by molar-refractivity contribution is 0.261. The number of para-hydroxylation sites is 1. The maximum Gasteiger partial charge on any atom is 0.168 e. The zero-order chi connectivity index (χ0) is 22.6. The molecule has 0 N–H and O–H groups in total. The van der Waals surface area contributed by atoms with E-state index in [1.807, 2.05) is 35.1 Å². The molecule has 170 valence electrons. The summed E-state index contributed by atoms with van der Waals surface area (Å²) in [6.45, 7) is 9.92. The van der Waals surface area contributed by atoms with E-state index < -0.39 is 0 Å². The van der Waals surface area contributed by atoms with Crippen LogP contribution in [0.1, 0.15) is 31.7 Å². The van der Waals surface area contributed by atoms with Gasteiger partial charge in [-0.2, -0.15) is 5.10 Å². The number of fused-ring (bicyclic) bond motifs is 1. The molecule has 2 aromatic carbocycles. The fourth-order valence-corrected chi connectivity index (χ4v) is 4.68. The molecular weight excluding hydrogens is 408 g/mol. The van der Waals surface area contributed by atoms with E-state index >= 15 is 0 Å². The van der Waals surface area contributed by atoms with Crippen LogP contribution in [0.15, 0.2) is 66.9 Å². The minimum absolute atomic E-state index is 0.684. The number of nitrogens with zero attached hydrogens (tertiary/aromatic N) is 6. The maximum atomic E-state index is 5.10. The van der Waals surface area contributed by atoms with E-state index in [0.717, 1.165) is 67.5 Å². The van der Waals surface area contributed by atoms with Gasteiger partial charge in [-0.25, -0.2) is 14.6 Å². The Kier molecular flexibility index (Phi) is 6.35. The van der Waals surface area contributed by atoms with Crippen LogP contribution in [0.2, 0.25) is 0 Å². The molecule has 0 unspecified atom stereocenters. The molecular formula is C27H32N6. The van der Waals surface area contributed by atoms with Crippen molar-refractivity contribution < 1.29 is 0 Å². The standard InChI is InChI=1S/C27H32N6/c1-21(2)20-31-14-9-15-32(17-16-31)26-24-19-28-33(23-12-7-4-8-13-23)27(24)30-25(29-26)18-22-10-5-3-6-11-22/h3-8,10-13,19,21H,9,14-18,20H2,1-2H3. The predicted octanol–water partition coefficient (Wildman–Crippen LogP) is 4.57. The molecule has 1 aliphatic rings. The third kappa shape index (κ3) is 4.91. The van der Waals surface area contributed by atoms with Crippen LogP contribution in [0.5, 0.6) is 0 Å². The third-order valence-electron chi connectivity index (χ3n) is 6.17. The quantitative estimate of drug-likeness (QED) is 0.439. The largest absolute Gasteiger partial charge is 0.355 e. The van der Waals surface area contributed by atoms with Gasteiger partial charge in [0.2, 0.25) is 0 Å².